The molecule has 0 aliphatic rings. The van der Waals surface area contributed by atoms with Crippen molar-refractivity contribution in [3.8, 4) is 22.5 Å². The van der Waals surface area contributed by atoms with Crippen LogP contribution in [0.4, 0.5) is 0 Å². The average molecular weight is 486 g/mol. The van der Waals surface area contributed by atoms with E-state index in [2.05, 4.69) is 143 Å². The Bertz CT molecular complexity index is 2120. The number of fused-ring (bicyclic) bond motifs is 6. The lowest BCUT2D eigenvalue weighted by Crippen LogP contribution is -1.96. The van der Waals surface area contributed by atoms with Gasteiger partial charge in [0.25, 0.3) is 0 Å². The van der Waals surface area contributed by atoms with Gasteiger partial charge in [-0.1, -0.05) is 84.9 Å². The maximum absolute atomic E-state index is 4.88. The average Bonchev–Trinajstić information content (AvgIpc) is 3.51. The van der Waals surface area contributed by atoms with Gasteiger partial charge in [-0.05, 0) is 54.1 Å². The van der Waals surface area contributed by atoms with Crippen molar-refractivity contribution in [2.45, 2.75) is 0 Å². The molecule has 0 radical (unpaired) electrons. The summed E-state index contributed by atoms with van der Waals surface area (Å²) in [6, 6.07) is 47.4. The molecule has 5 aromatic carbocycles. The van der Waals surface area contributed by atoms with Crippen molar-refractivity contribution in [1.29, 1.82) is 0 Å². The second-order valence-electron chi connectivity index (χ2n) is 9.66. The lowest BCUT2D eigenvalue weighted by Gasteiger charge is -2.12. The lowest BCUT2D eigenvalue weighted by atomic mass is 10.0. The van der Waals surface area contributed by atoms with Crippen LogP contribution in [-0.4, -0.2) is 14.1 Å². The standard InChI is InChI=1S/C35H23N3/c1-3-11-25(12-4-1)37-31-17-9-7-15-28(31)29-20-19-24(23-33(29)37)27-21-22-36-34-30-16-8-10-18-32(30)38(35(27)34)26-13-5-2-6-14-26/h1-23H. The summed E-state index contributed by atoms with van der Waals surface area (Å²) in [6.07, 6.45) is 1.94. The smallest absolute Gasteiger partial charge is 0.0969 e. The molecule has 3 nitrogen and oxygen atoms in total. The van der Waals surface area contributed by atoms with Gasteiger partial charge in [0.15, 0.2) is 0 Å². The van der Waals surface area contributed by atoms with Gasteiger partial charge in [0.1, 0.15) is 0 Å². The minimum atomic E-state index is 1.02. The first kappa shape index (κ1) is 21.0. The summed E-state index contributed by atoms with van der Waals surface area (Å²) in [6.45, 7) is 0. The molecule has 3 heterocycles. The first-order valence-corrected chi connectivity index (χ1v) is 12.9. The number of benzene rings is 5. The molecule has 0 saturated heterocycles. The van der Waals surface area contributed by atoms with E-state index >= 15 is 0 Å². The fraction of sp³-hybridized carbons (Fsp3) is 0. The fourth-order valence-corrected chi connectivity index (χ4v) is 5.94. The van der Waals surface area contributed by atoms with Crippen LogP contribution in [0, 0.1) is 0 Å². The van der Waals surface area contributed by atoms with Crippen molar-refractivity contribution >= 4 is 43.7 Å². The van der Waals surface area contributed by atoms with Gasteiger partial charge in [-0.25, -0.2) is 0 Å². The Balaban J connectivity index is 1.48. The molecule has 0 aliphatic carbocycles. The molecule has 8 rings (SSSR count). The molecule has 0 bridgehead atoms. The summed E-state index contributed by atoms with van der Waals surface area (Å²) in [7, 11) is 0. The molecule has 8 aromatic rings. The van der Waals surface area contributed by atoms with E-state index in [1.54, 1.807) is 0 Å². The van der Waals surface area contributed by atoms with Crippen molar-refractivity contribution in [1.82, 2.24) is 14.1 Å². The maximum atomic E-state index is 4.88. The lowest BCUT2D eigenvalue weighted by molar-refractivity contribution is 1.17. The molecule has 0 spiro atoms. The van der Waals surface area contributed by atoms with Gasteiger partial charge in [-0.3, -0.25) is 4.98 Å². The molecule has 0 amide bonds. The number of para-hydroxylation sites is 4. The molecule has 3 heteroatoms. The number of aromatic nitrogens is 3. The second kappa shape index (κ2) is 8.19. The number of pyridine rings is 1. The molecule has 0 fully saturated rings. The molecule has 178 valence electrons. The molecule has 0 atom stereocenters. The third-order valence-electron chi connectivity index (χ3n) is 7.56. The van der Waals surface area contributed by atoms with Crippen LogP contribution in [0.25, 0.3) is 66.2 Å². The van der Waals surface area contributed by atoms with Gasteiger partial charge >= 0.3 is 0 Å². The summed E-state index contributed by atoms with van der Waals surface area (Å²) in [5, 5.41) is 3.67. The van der Waals surface area contributed by atoms with Crippen molar-refractivity contribution in [2.24, 2.45) is 0 Å². The third-order valence-corrected chi connectivity index (χ3v) is 7.56. The molecule has 3 aromatic heterocycles. The van der Waals surface area contributed by atoms with Crippen LogP contribution in [0.1, 0.15) is 0 Å². The van der Waals surface area contributed by atoms with E-state index in [1.807, 2.05) is 6.20 Å². The van der Waals surface area contributed by atoms with Gasteiger partial charge in [-0.2, -0.15) is 0 Å². The van der Waals surface area contributed by atoms with Crippen LogP contribution in [-0.2, 0) is 0 Å². The SMILES string of the molecule is c1ccc(-n2c3ccccc3c3ccc(-c4ccnc5c6ccccc6n(-c6ccccc6)c45)cc32)cc1. The Labute approximate surface area is 219 Å². The first-order valence-electron chi connectivity index (χ1n) is 12.9. The van der Waals surface area contributed by atoms with E-state index < -0.39 is 0 Å². The van der Waals surface area contributed by atoms with Crippen LogP contribution in [0.3, 0.4) is 0 Å². The highest BCUT2D eigenvalue weighted by molar-refractivity contribution is 6.14. The Morgan fingerprint density at radius 2 is 1.03 bits per heavy atom. The summed E-state index contributed by atoms with van der Waals surface area (Å²) < 4.78 is 4.73. The topological polar surface area (TPSA) is 22.8 Å². The zero-order chi connectivity index (χ0) is 25.1. The van der Waals surface area contributed by atoms with E-state index in [-0.39, 0.29) is 0 Å². The predicted molar refractivity (Wildman–Crippen MR) is 158 cm³/mol. The van der Waals surface area contributed by atoms with E-state index in [0.29, 0.717) is 0 Å². The van der Waals surface area contributed by atoms with Gasteiger partial charge in [0.2, 0.25) is 0 Å². The highest BCUT2D eigenvalue weighted by Gasteiger charge is 2.19. The first-order chi connectivity index (χ1) is 18.9. The Morgan fingerprint density at radius 1 is 0.447 bits per heavy atom. The van der Waals surface area contributed by atoms with Gasteiger partial charge < -0.3 is 9.13 Å². The monoisotopic (exact) mass is 485 g/mol. The van der Waals surface area contributed by atoms with E-state index in [1.165, 1.54) is 32.9 Å². The van der Waals surface area contributed by atoms with E-state index in [9.17, 15) is 0 Å². The molecule has 0 N–H and O–H groups in total. The highest BCUT2D eigenvalue weighted by Crippen LogP contribution is 2.39. The van der Waals surface area contributed by atoms with E-state index in [0.717, 1.165) is 33.3 Å². The van der Waals surface area contributed by atoms with Crippen LogP contribution >= 0.6 is 0 Å². The number of hydrogen-bond acceptors (Lipinski definition) is 1. The molecule has 0 unspecified atom stereocenters. The van der Waals surface area contributed by atoms with Crippen LogP contribution in [0.15, 0.2) is 140 Å². The Morgan fingerprint density at radius 3 is 1.76 bits per heavy atom. The normalized spacial score (nSPS) is 11.7. The summed E-state index contributed by atoms with van der Waals surface area (Å²) in [5.41, 5.74) is 10.3. The minimum Gasteiger partial charge on any atom is -0.309 e. The largest absolute Gasteiger partial charge is 0.309 e. The number of rotatable bonds is 3. The van der Waals surface area contributed by atoms with Crippen molar-refractivity contribution in [3.63, 3.8) is 0 Å². The van der Waals surface area contributed by atoms with Crippen molar-refractivity contribution in [3.05, 3.63) is 140 Å². The van der Waals surface area contributed by atoms with Gasteiger partial charge in [0, 0.05) is 39.3 Å². The van der Waals surface area contributed by atoms with Gasteiger partial charge in [-0.15, -0.1) is 0 Å². The maximum Gasteiger partial charge on any atom is 0.0969 e. The van der Waals surface area contributed by atoms with Crippen molar-refractivity contribution in [2.75, 3.05) is 0 Å². The summed E-state index contributed by atoms with van der Waals surface area (Å²) in [4.78, 5) is 4.88. The van der Waals surface area contributed by atoms with Crippen LogP contribution in [0.2, 0.25) is 0 Å². The quantitative estimate of drug-likeness (QED) is 0.245. The Hall–Kier alpha value is -5.15. The number of hydrogen-bond donors (Lipinski definition) is 0. The second-order valence-corrected chi connectivity index (χ2v) is 9.66. The van der Waals surface area contributed by atoms with Crippen molar-refractivity contribution < 1.29 is 0 Å². The molecular weight excluding hydrogens is 462 g/mol. The summed E-state index contributed by atoms with van der Waals surface area (Å²) >= 11 is 0. The molecular formula is C35H23N3. The molecule has 0 saturated carbocycles. The van der Waals surface area contributed by atoms with Gasteiger partial charge in [0.05, 0.1) is 27.6 Å². The zero-order valence-corrected chi connectivity index (χ0v) is 20.6. The molecule has 38 heavy (non-hydrogen) atoms. The minimum absolute atomic E-state index is 1.02. The highest BCUT2D eigenvalue weighted by atomic mass is 15.0. The third kappa shape index (κ3) is 2.99. The van der Waals surface area contributed by atoms with Crippen LogP contribution in [0.5, 0.6) is 0 Å². The molecule has 0 aliphatic heterocycles. The summed E-state index contributed by atoms with van der Waals surface area (Å²) in [5.74, 6) is 0. The Kier molecular flexibility index (Phi) is 4.52. The van der Waals surface area contributed by atoms with E-state index in [4.69, 9.17) is 4.98 Å². The van der Waals surface area contributed by atoms with Crippen LogP contribution < -0.4 is 0 Å². The fourth-order valence-electron chi connectivity index (χ4n) is 5.94. The number of nitrogens with zero attached hydrogens (tertiary/aromatic N) is 3. The zero-order valence-electron chi connectivity index (χ0n) is 20.6. The predicted octanol–water partition coefficient (Wildman–Crippen LogP) is 8.94.